The molecule has 2 aromatic carbocycles. The van der Waals surface area contributed by atoms with Gasteiger partial charge in [0, 0.05) is 38.3 Å². The van der Waals surface area contributed by atoms with Crippen LogP contribution < -0.4 is 0 Å². The molecule has 5 heteroatoms. The highest BCUT2D eigenvalue weighted by molar-refractivity contribution is 5.94. The van der Waals surface area contributed by atoms with Gasteiger partial charge in [-0.3, -0.25) is 9.69 Å². The molecule has 0 unspecified atom stereocenters. The van der Waals surface area contributed by atoms with E-state index in [0.717, 1.165) is 19.6 Å². The molecule has 0 atom stereocenters. The normalized spacial score (nSPS) is 15.0. The van der Waals surface area contributed by atoms with Gasteiger partial charge in [0.05, 0.1) is 11.6 Å². The Morgan fingerprint density at radius 2 is 1.62 bits per heavy atom. The minimum atomic E-state index is 0.00743. The molecule has 24 heavy (non-hydrogen) atoms. The van der Waals surface area contributed by atoms with Crippen LogP contribution in [0.3, 0.4) is 0 Å². The van der Waals surface area contributed by atoms with Gasteiger partial charge in [-0.15, -0.1) is 0 Å². The van der Waals surface area contributed by atoms with Gasteiger partial charge in [0.2, 0.25) is 0 Å². The lowest BCUT2D eigenvalue weighted by Crippen LogP contribution is -2.48. The first-order chi connectivity index (χ1) is 11.7. The molecule has 0 aliphatic carbocycles. The van der Waals surface area contributed by atoms with Gasteiger partial charge >= 0.3 is 0 Å². The summed E-state index contributed by atoms with van der Waals surface area (Å²) in [6, 6.07) is 16.1. The Hall–Kier alpha value is -2.84. The molecule has 1 fully saturated rings. The molecule has 2 aromatic rings. The fourth-order valence-corrected chi connectivity index (χ4v) is 2.84. The van der Waals surface area contributed by atoms with Crippen LogP contribution in [0.1, 0.15) is 21.5 Å². The van der Waals surface area contributed by atoms with E-state index in [1.807, 2.05) is 29.2 Å². The van der Waals surface area contributed by atoms with Crippen molar-refractivity contribution in [2.75, 3.05) is 26.2 Å². The van der Waals surface area contributed by atoms with Crippen molar-refractivity contribution in [3.63, 3.8) is 0 Å². The molecule has 1 heterocycles. The Bertz CT molecular complexity index is 740. The standard InChI is InChI=1S/C19H19N3O2/c20-13-15-1-3-16(4-2-15)14-21-9-11-22(12-10-21)19(24)17-5-7-18(23)8-6-17/h1-8,23H,9-12,14H2. The summed E-state index contributed by atoms with van der Waals surface area (Å²) in [5, 5.41) is 18.1. The number of rotatable bonds is 3. The largest absolute Gasteiger partial charge is 0.508 e. The van der Waals surface area contributed by atoms with Gasteiger partial charge in [-0.05, 0) is 42.0 Å². The van der Waals surface area contributed by atoms with Crippen molar-refractivity contribution in [2.45, 2.75) is 6.54 Å². The monoisotopic (exact) mass is 321 g/mol. The van der Waals surface area contributed by atoms with Crippen molar-refractivity contribution in [3.8, 4) is 11.8 Å². The second-order valence-corrected chi connectivity index (χ2v) is 5.92. The SMILES string of the molecule is N#Cc1ccc(CN2CCN(C(=O)c3ccc(O)cc3)CC2)cc1. The van der Waals surface area contributed by atoms with Crippen molar-refractivity contribution in [1.82, 2.24) is 9.80 Å². The van der Waals surface area contributed by atoms with Gasteiger partial charge in [-0.1, -0.05) is 12.1 Å². The van der Waals surface area contributed by atoms with Crippen molar-refractivity contribution >= 4 is 5.91 Å². The molecule has 1 amide bonds. The molecule has 1 saturated heterocycles. The highest BCUT2D eigenvalue weighted by Gasteiger charge is 2.22. The summed E-state index contributed by atoms with van der Waals surface area (Å²) in [7, 11) is 0. The molecule has 0 bridgehead atoms. The van der Waals surface area contributed by atoms with Crippen LogP contribution >= 0.6 is 0 Å². The van der Waals surface area contributed by atoms with Crippen LogP contribution in [0.4, 0.5) is 0 Å². The molecule has 3 rings (SSSR count). The average molecular weight is 321 g/mol. The summed E-state index contributed by atoms with van der Waals surface area (Å²) in [5.74, 6) is 0.173. The second kappa shape index (κ2) is 7.16. The number of phenols is 1. The number of aromatic hydroxyl groups is 1. The van der Waals surface area contributed by atoms with Crippen LogP contribution in [-0.4, -0.2) is 47.0 Å². The first-order valence-corrected chi connectivity index (χ1v) is 7.95. The lowest BCUT2D eigenvalue weighted by atomic mass is 10.1. The summed E-state index contributed by atoms with van der Waals surface area (Å²) in [6.45, 7) is 3.85. The maximum atomic E-state index is 12.4. The smallest absolute Gasteiger partial charge is 0.253 e. The molecule has 122 valence electrons. The van der Waals surface area contributed by atoms with Crippen molar-refractivity contribution in [2.24, 2.45) is 0 Å². The van der Waals surface area contributed by atoms with Crippen molar-refractivity contribution < 1.29 is 9.90 Å². The third-order valence-electron chi connectivity index (χ3n) is 4.26. The van der Waals surface area contributed by atoms with E-state index in [2.05, 4.69) is 11.0 Å². The lowest BCUT2D eigenvalue weighted by Gasteiger charge is -2.34. The van der Waals surface area contributed by atoms with E-state index in [1.165, 1.54) is 17.7 Å². The fraction of sp³-hybridized carbons (Fsp3) is 0.263. The van der Waals surface area contributed by atoms with Crippen LogP contribution in [-0.2, 0) is 6.54 Å². The van der Waals surface area contributed by atoms with E-state index in [1.54, 1.807) is 12.1 Å². The van der Waals surface area contributed by atoms with Crippen LogP contribution in [0.15, 0.2) is 48.5 Å². The number of benzene rings is 2. The quantitative estimate of drug-likeness (QED) is 0.941. The van der Waals surface area contributed by atoms with E-state index < -0.39 is 0 Å². The molecule has 0 radical (unpaired) electrons. The topological polar surface area (TPSA) is 67.6 Å². The van der Waals surface area contributed by atoms with E-state index in [-0.39, 0.29) is 11.7 Å². The van der Waals surface area contributed by atoms with Crippen LogP contribution in [0.25, 0.3) is 0 Å². The fourth-order valence-electron chi connectivity index (χ4n) is 2.84. The highest BCUT2D eigenvalue weighted by Crippen LogP contribution is 2.14. The van der Waals surface area contributed by atoms with E-state index in [9.17, 15) is 9.90 Å². The third kappa shape index (κ3) is 3.73. The molecule has 0 saturated carbocycles. The summed E-state index contributed by atoms with van der Waals surface area (Å²) in [5.41, 5.74) is 2.45. The van der Waals surface area contributed by atoms with Crippen LogP contribution in [0, 0.1) is 11.3 Å². The zero-order valence-corrected chi connectivity index (χ0v) is 13.4. The second-order valence-electron chi connectivity index (χ2n) is 5.92. The number of carbonyl (C=O) groups excluding carboxylic acids is 1. The highest BCUT2D eigenvalue weighted by atomic mass is 16.3. The molecular weight excluding hydrogens is 302 g/mol. The first-order valence-electron chi connectivity index (χ1n) is 7.95. The molecule has 5 nitrogen and oxygen atoms in total. The zero-order chi connectivity index (χ0) is 16.9. The molecule has 0 spiro atoms. The predicted molar refractivity (Wildman–Crippen MR) is 90.4 cm³/mol. The molecule has 0 aromatic heterocycles. The van der Waals surface area contributed by atoms with E-state index in [0.29, 0.717) is 24.2 Å². The number of hydrogen-bond acceptors (Lipinski definition) is 4. The van der Waals surface area contributed by atoms with Crippen LogP contribution in [0.5, 0.6) is 5.75 Å². The summed E-state index contributed by atoms with van der Waals surface area (Å²) >= 11 is 0. The summed E-state index contributed by atoms with van der Waals surface area (Å²) in [4.78, 5) is 16.6. The van der Waals surface area contributed by atoms with Gasteiger partial charge < -0.3 is 10.0 Å². The minimum absolute atomic E-state index is 0.00743. The predicted octanol–water partition coefficient (Wildman–Crippen LogP) is 2.22. The number of amides is 1. The lowest BCUT2D eigenvalue weighted by molar-refractivity contribution is 0.0628. The maximum Gasteiger partial charge on any atom is 0.253 e. The first kappa shape index (κ1) is 16.0. The van der Waals surface area contributed by atoms with Gasteiger partial charge in [-0.2, -0.15) is 5.26 Å². The van der Waals surface area contributed by atoms with Gasteiger partial charge in [0.25, 0.3) is 5.91 Å². The molecule has 1 aliphatic heterocycles. The molecule has 1 aliphatic rings. The van der Waals surface area contributed by atoms with Gasteiger partial charge in [0.15, 0.2) is 0 Å². The molecular formula is C19H19N3O2. The van der Waals surface area contributed by atoms with Gasteiger partial charge in [0.1, 0.15) is 5.75 Å². The number of phenolic OH excluding ortho intramolecular Hbond substituents is 1. The number of nitrogens with zero attached hydrogens (tertiary/aromatic N) is 3. The number of hydrogen-bond donors (Lipinski definition) is 1. The Morgan fingerprint density at radius 3 is 2.21 bits per heavy atom. The summed E-state index contributed by atoms with van der Waals surface area (Å²) in [6.07, 6.45) is 0. The number of nitriles is 1. The summed E-state index contributed by atoms with van der Waals surface area (Å²) < 4.78 is 0. The van der Waals surface area contributed by atoms with Crippen LogP contribution in [0.2, 0.25) is 0 Å². The van der Waals surface area contributed by atoms with E-state index in [4.69, 9.17) is 5.26 Å². The van der Waals surface area contributed by atoms with E-state index >= 15 is 0 Å². The Labute approximate surface area is 141 Å². The van der Waals surface area contributed by atoms with Crippen molar-refractivity contribution in [1.29, 1.82) is 5.26 Å². The molecule has 1 N–H and O–H groups in total. The number of piperazine rings is 1. The average Bonchev–Trinajstić information content (AvgIpc) is 2.63. The Kier molecular flexibility index (Phi) is 4.78. The van der Waals surface area contributed by atoms with Gasteiger partial charge in [-0.25, -0.2) is 0 Å². The number of carbonyl (C=O) groups is 1. The van der Waals surface area contributed by atoms with Crippen molar-refractivity contribution in [3.05, 3.63) is 65.2 Å². The zero-order valence-electron chi connectivity index (χ0n) is 13.4. The third-order valence-corrected chi connectivity index (χ3v) is 4.26. The Morgan fingerprint density at radius 1 is 1.00 bits per heavy atom. The minimum Gasteiger partial charge on any atom is -0.508 e. The Balaban J connectivity index is 1.54. The maximum absolute atomic E-state index is 12.4.